The molecule has 0 aliphatic carbocycles. The summed E-state index contributed by atoms with van der Waals surface area (Å²) in [6.45, 7) is 5.47. The Morgan fingerprint density at radius 2 is 1.74 bits per heavy atom. The molecule has 1 unspecified atom stereocenters. The zero-order valence-corrected chi connectivity index (χ0v) is 17.2. The monoisotopic (exact) mass is 428 g/mol. The number of nitrogens with zero attached hydrogens (tertiary/aromatic N) is 3. The molecule has 0 bridgehead atoms. The van der Waals surface area contributed by atoms with Crippen LogP contribution < -0.4 is 5.32 Å². The minimum atomic E-state index is -4.54. The number of hydrogen-bond acceptors (Lipinski definition) is 4. The van der Waals surface area contributed by atoms with E-state index in [0.717, 1.165) is 18.1 Å². The van der Waals surface area contributed by atoms with Crippen molar-refractivity contribution in [3.8, 4) is 11.4 Å². The smallest absolute Gasteiger partial charge is 0.324 e. The van der Waals surface area contributed by atoms with Crippen molar-refractivity contribution in [2.24, 2.45) is 4.99 Å². The van der Waals surface area contributed by atoms with Crippen LogP contribution in [0.4, 0.5) is 23.4 Å². The second-order valence-corrected chi connectivity index (χ2v) is 7.41. The average molecular weight is 428 g/mol. The molecule has 160 valence electrons. The minimum absolute atomic E-state index is 0.0383. The number of benzene rings is 2. The van der Waals surface area contributed by atoms with Gasteiger partial charge in [-0.15, -0.1) is 0 Å². The Bertz CT molecular complexity index is 1180. The van der Waals surface area contributed by atoms with Crippen LogP contribution in [0, 0.1) is 19.7 Å². The molecule has 4 nitrogen and oxygen atoms in total. The highest BCUT2D eigenvalue weighted by atomic mass is 19.4. The lowest BCUT2D eigenvalue weighted by molar-refractivity contribution is -0.137. The minimum Gasteiger partial charge on any atom is -0.324 e. The third-order valence-electron chi connectivity index (χ3n) is 5.40. The number of halogens is 4. The Morgan fingerprint density at radius 1 is 1.00 bits per heavy atom. The van der Waals surface area contributed by atoms with E-state index >= 15 is 0 Å². The van der Waals surface area contributed by atoms with Crippen molar-refractivity contribution in [1.82, 2.24) is 9.97 Å². The summed E-state index contributed by atoms with van der Waals surface area (Å²) in [5.74, 6) is 0.354. The maximum Gasteiger partial charge on any atom is 0.417 e. The quantitative estimate of drug-likeness (QED) is 0.502. The van der Waals surface area contributed by atoms with Crippen LogP contribution in [0.2, 0.25) is 0 Å². The van der Waals surface area contributed by atoms with E-state index in [1.54, 1.807) is 19.9 Å². The first-order valence-corrected chi connectivity index (χ1v) is 9.85. The number of aryl methyl sites for hydroxylation is 1. The topological polar surface area (TPSA) is 50.2 Å². The van der Waals surface area contributed by atoms with Gasteiger partial charge in [-0.3, -0.25) is 4.99 Å². The Kier molecular flexibility index (Phi) is 5.24. The van der Waals surface area contributed by atoms with E-state index in [2.05, 4.69) is 20.3 Å². The van der Waals surface area contributed by atoms with E-state index in [1.165, 1.54) is 30.3 Å². The van der Waals surface area contributed by atoms with Crippen molar-refractivity contribution < 1.29 is 17.6 Å². The highest BCUT2D eigenvalue weighted by Gasteiger charge is 2.34. The fraction of sp³-hybridized carbons (Fsp3) is 0.261. The van der Waals surface area contributed by atoms with E-state index in [-0.39, 0.29) is 23.2 Å². The first kappa shape index (κ1) is 21.0. The van der Waals surface area contributed by atoms with Crippen LogP contribution in [0.3, 0.4) is 0 Å². The molecule has 0 radical (unpaired) electrons. The third kappa shape index (κ3) is 3.89. The molecule has 1 atom stereocenters. The van der Waals surface area contributed by atoms with Crippen LogP contribution in [-0.2, 0) is 6.18 Å². The highest BCUT2D eigenvalue weighted by molar-refractivity contribution is 6.11. The number of hydrogen-bond donors (Lipinski definition) is 1. The summed E-state index contributed by atoms with van der Waals surface area (Å²) in [5, 5.41) is 3.12. The van der Waals surface area contributed by atoms with Gasteiger partial charge >= 0.3 is 6.18 Å². The molecule has 2 heterocycles. The van der Waals surface area contributed by atoms with Crippen molar-refractivity contribution in [2.45, 2.75) is 39.4 Å². The molecule has 0 saturated heterocycles. The lowest BCUT2D eigenvalue weighted by Crippen LogP contribution is -2.16. The Balaban J connectivity index is 1.79. The lowest BCUT2D eigenvalue weighted by atomic mass is 10.0. The number of rotatable bonds is 3. The third-order valence-corrected chi connectivity index (χ3v) is 5.40. The number of aromatic nitrogens is 2. The summed E-state index contributed by atoms with van der Waals surface area (Å²) in [4.78, 5) is 13.3. The molecule has 1 aromatic heterocycles. The second-order valence-electron chi connectivity index (χ2n) is 7.41. The predicted octanol–water partition coefficient (Wildman–Crippen LogP) is 6.24. The normalized spacial score (nSPS) is 15.6. The number of anilines is 1. The molecule has 3 aromatic rings. The maximum atomic E-state index is 13.9. The van der Waals surface area contributed by atoms with Crippen molar-refractivity contribution in [2.75, 3.05) is 5.32 Å². The Morgan fingerprint density at radius 3 is 2.45 bits per heavy atom. The first-order valence-electron chi connectivity index (χ1n) is 9.85. The van der Waals surface area contributed by atoms with Gasteiger partial charge in [-0.05, 0) is 44.0 Å². The highest BCUT2D eigenvalue weighted by Crippen LogP contribution is 2.37. The van der Waals surface area contributed by atoms with Crippen LogP contribution in [0.25, 0.3) is 11.4 Å². The van der Waals surface area contributed by atoms with E-state index in [0.29, 0.717) is 28.5 Å². The van der Waals surface area contributed by atoms with Gasteiger partial charge in [-0.1, -0.05) is 31.2 Å². The fourth-order valence-corrected chi connectivity index (χ4v) is 3.64. The van der Waals surface area contributed by atoms with Crippen molar-refractivity contribution in [1.29, 1.82) is 0 Å². The number of fused-ring (bicyclic) bond motifs is 1. The molecule has 0 fully saturated rings. The van der Waals surface area contributed by atoms with E-state index < -0.39 is 11.7 Å². The molecule has 1 N–H and O–H groups in total. The number of nitrogens with one attached hydrogen (secondary N) is 1. The van der Waals surface area contributed by atoms with Crippen LogP contribution in [0.15, 0.2) is 47.5 Å². The Labute approximate surface area is 177 Å². The zero-order chi connectivity index (χ0) is 22.3. The fourth-order valence-electron chi connectivity index (χ4n) is 3.64. The maximum absolute atomic E-state index is 13.9. The Hall–Kier alpha value is -3.29. The van der Waals surface area contributed by atoms with Gasteiger partial charge in [0.15, 0.2) is 5.82 Å². The molecule has 1 aliphatic heterocycles. The summed E-state index contributed by atoms with van der Waals surface area (Å²) in [5.41, 5.74) is 1.83. The van der Waals surface area contributed by atoms with Crippen molar-refractivity contribution >= 4 is 11.7 Å². The summed E-state index contributed by atoms with van der Waals surface area (Å²) in [6.07, 6.45) is -3.80. The van der Waals surface area contributed by atoms with Gasteiger partial charge in [0.2, 0.25) is 0 Å². The molecule has 0 spiro atoms. The van der Waals surface area contributed by atoms with Crippen LogP contribution in [0.1, 0.15) is 47.3 Å². The van der Waals surface area contributed by atoms with E-state index in [4.69, 9.17) is 0 Å². The van der Waals surface area contributed by atoms with Crippen LogP contribution >= 0.6 is 0 Å². The van der Waals surface area contributed by atoms with Gasteiger partial charge in [0.1, 0.15) is 17.5 Å². The van der Waals surface area contributed by atoms with Gasteiger partial charge in [-0.25, -0.2) is 14.4 Å². The molecule has 2 aromatic carbocycles. The SMILES string of the molecule is CCC1N=C(Nc2nc(-c3ccccc3C(F)(F)F)nc(C)c2C)c2cc(F)ccc21. The summed E-state index contributed by atoms with van der Waals surface area (Å²) < 4.78 is 54.4. The summed E-state index contributed by atoms with van der Waals surface area (Å²) >= 11 is 0. The molecule has 0 saturated carbocycles. The summed E-state index contributed by atoms with van der Waals surface area (Å²) in [6, 6.07) is 9.59. The van der Waals surface area contributed by atoms with Gasteiger partial charge in [0.05, 0.1) is 11.6 Å². The average Bonchev–Trinajstić information content (AvgIpc) is 3.07. The number of aliphatic imine (C=N–C) groups is 1. The van der Waals surface area contributed by atoms with Gasteiger partial charge < -0.3 is 5.32 Å². The van der Waals surface area contributed by atoms with Crippen LogP contribution in [-0.4, -0.2) is 15.8 Å². The van der Waals surface area contributed by atoms with Crippen molar-refractivity contribution in [3.05, 3.63) is 76.2 Å². The second kappa shape index (κ2) is 7.76. The van der Waals surface area contributed by atoms with Gasteiger partial charge in [0, 0.05) is 22.4 Å². The molecule has 8 heteroatoms. The summed E-state index contributed by atoms with van der Waals surface area (Å²) in [7, 11) is 0. The first-order chi connectivity index (χ1) is 14.7. The van der Waals surface area contributed by atoms with Crippen molar-refractivity contribution in [3.63, 3.8) is 0 Å². The number of alkyl halides is 3. The van der Waals surface area contributed by atoms with Gasteiger partial charge in [0.25, 0.3) is 0 Å². The molecule has 31 heavy (non-hydrogen) atoms. The zero-order valence-electron chi connectivity index (χ0n) is 17.2. The van der Waals surface area contributed by atoms with Gasteiger partial charge in [-0.2, -0.15) is 13.2 Å². The molecular weight excluding hydrogens is 408 g/mol. The predicted molar refractivity (Wildman–Crippen MR) is 112 cm³/mol. The van der Waals surface area contributed by atoms with Crippen LogP contribution in [0.5, 0.6) is 0 Å². The lowest BCUT2D eigenvalue weighted by Gasteiger charge is -2.15. The number of amidine groups is 1. The molecular formula is C23H20F4N4. The molecule has 0 amide bonds. The molecule has 4 rings (SSSR count). The van der Waals surface area contributed by atoms with E-state index in [1.807, 2.05) is 6.92 Å². The standard InChI is InChI=1S/C23H20F4N4/c1-4-19-15-10-9-14(24)11-17(15)22(29-19)31-20-12(2)13(3)28-21(30-20)16-7-5-6-8-18(16)23(25,26)27/h5-11,19H,4H2,1-3H3,(H,28,29,30,31). The molecule has 1 aliphatic rings. The largest absolute Gasteiger partial charge is 0.417 e. The van der Waals surface area contributed by atoms with E-state index in [9.17, 15) is 17.6 Å².